The van der Waals surface area contributed by atoms with Gasteiger partial charge in [-0.3, -0.25) is 0 Å². The van der Waals surface area contributed by atoms with Crippen LogP contribution in [0.5, 0.6) is 0 Å². The number of nitrogens with one attached hydrogen (secondary N) is 1. The smallest absolute Gasteiger partial charge is 0.330 e. The molecular formula is C39H50N8O2S. The van der Waals surface area contributed by atoms with Crippen molar-refractivity contribution in [3.8, 4) is 0 Å². The Morgan fingerprint density at radius 1 is 0.680 bits per heavy atom. The number of likely N-dealkylation sites (N-methyl/N-ethyl adjacent to an activating group) is 2. The lowest BCUT2D eigenvalue weighted by molar-refractivity contribution is -0.155. The lowest BCUT2D eigenvalue weighted by Crippen LogP contribution is -2.47. The van der Waals surface area contributed by atoms with Gasteiger partial charge in [0.1, 0.15) is 11.6 Å². The van der Waals surface area contributed by atoms with Crippen molar-refractivity contribution < 1.29 is 9.53 Å². The molecule has 3 aromatic carbocycles. The normalized spacial score (nSPS) is 17.0. The third-order valence-electron chi connectivity index (χ3n) is 9.19. The van der Waals surface area contributed by atoms with Crippen LogP contribution in [0.15, 0.2) is 91.0 Å². The molecule has 1 N–H and O–H groups in total. The fraction of sp³-hybridized carbons (Fsp3) is 0.436. The van der Waals surface area contributed by atoms with Gasteiger partial charge in [-0.25, -0.2) is 4.79 Å². The van der Waals surface area contributed by atoms with E-state index in [1.807, 2.05) is 39.0 Å². The number of anilines is 3. The van der Waals surface area contributed by atoms with E-state index in [0.717, 1.165) is 69.0 Å². The maximum absolute atomic E-state index is 14.1. The van der Waals surface area contributed by atoms with E-state index in [2.05, 4.69) is 112 Å². The number of hydrogen-bond acceptors (Lipinski definition) is 11. The first kappa shape index (κ1) is 35.6. The van der Waals surface area contributed by atoms with E-state index >= 15 is 0 Å². The predicted molar refractivity (Wildman–Crippen MR) is 204 cm³/mol. The van der Waals surface area contributed by atoms with Crippen LogP contribution in [0.1, 0.15) is 37.5 Å². The molecule has 1 atom stereocenters. The SMILES string of the molecule is CN1CCN(c2nc(NC(CSC(c3ccccc3)(c3ccccc3)c3ccccc3)C(=O)OC(C)(C)C)nc(N3CCN(C)CC3)n2)CC1. The van der Waals surface area contributed by atoms with Crippen molar-refractivity contribution in [2.75, 3.05) is 87.3 Å². The van der Waals surface area contributed by atoms with E-state index < -0.39 is 16.4 Å². The van der Waals surface area contributed by atoms with Crippen LogP contribution in [0, 0.1) is 0 Å². The van der Waals surface area contributed by atoms with Crippen LogP contribution in [0.2, 0.25) is 0 Å². The summed E-state index contributed by atoms with van der Waals surface area (Å²) in [6.07, 6.45) is 0. The van der Waals surface area contributed by atoms with Crippen LogP contribution < -0.4 is 15.1 Å². The number of thioether (sulfide) groups is 1. The van der Waals surface area contributed by atoms with Gasteiger partial charge in [-0.15, -0.1) is 11.8 Å². The minimum absolute atomic E-state index is 0.351. The van der Waals surface area contributed by atoms with Crippen LogP contribution >= 0.6 is 11.8 Å². The average Bonchev–Trinajstić information content (AvgIpc) is 3.12. The third kappa shape index (κ3) is 8.57. The Kier molecular flexibility index (Phi) is 11.2. The summed E-state index contributed by atoms with van der Waals surface area (Å²) in [6, 6.07) is 30.8. The first-order valence-corrected chi connectivity index (χ1v) is 18.5. The molecule has 1 aromatic heterocycles. The molecule has 11 heteroatoms. The van der Waals surface area contributed by atoms with E-state index in [4.69, 9.17) is 19.7 Å². The number of carbonyl (C=O) groups is 1. The Balaban J connectivity index is 1.39. The number of hydrogen-bond donors (Lipinski definition) is 1. The van der Waals surface area contributed by atoms with Gasteiger partial charge in [0.2, 0.25) is 17.8 Å². The number of piperazine rings is 2. The van der Waals surface area contributed by atoms with Crippen LogP contribution in [0.4, 0.5) is 17.8 Å². The van der Waals surface area contributed by atoms with Crippen molar-refractivity contribution in [1.82, 2.24) is 24.8 Å². The molecule has 0 amide bonds. The van der Waals surface area contributed by atoms with E-state index in [0.29, 0.717) is 23.6 Å². The molecule has 0 saturated carbocycles. The first-order chi connectivity index (χ1) is 24.1. The van der Waals surface area contributed by atoms with Crippen LogP contribution in [0.25, 0.3) is 0 Å². The summed E-state index contributed by atoms with van der Waals surface area (Å²) < 4.78 is 5.44. The molecule has 4 aromatic rings. The number of carbonyl (C=O) groups excluding carboxylic acids is 1. The minimum Gasteiger partial charge on any atom is -0.458 e. The zero-order valence-corrected chi connectivity index (χ0v) is 30.8. The largest absolute Gasteiger partial charge is 0.458 e. The lowest BCUT2D eigenvalue weighted by Gasteiger charge is -2.37. The maximum Gasteiger partial charge on any atom is 0.330 e. The van der Waals surface area contributed by atoms with E-state index in [-0.39, 0.29) is 5.97 Å². The summed E-state index contributed by atoms with van der Waals surface area (Å²) in [6.45, 7) is 12.7. The van der Waals surface area contributed by atoms with Crippen molar-refractivity contribution >= 4 is 35.6 Å². The summed E-state index contributed by atoms with van der Waals surface area (Å²) in [5, 5.41) is 3.47. The second-order valence-corrected chi connectivity index (χ2v) is 15.4. The average molecular weight is 695 g/mol. The number of esters is 1. The number of benzene rings is 3. The maximum atomic E-state index is 14.1. The molecule has 3 heterocycles. The molecule has 10 nitrogen and oxygen atoms in total. The van der Waals surface area contributed by atoms with E-state index in [9.17, 15) is 4.79 Å². The topological polar surface area (TPSA) is 90.0 Å². The molecule has 0 bridgehead atoms. The zero-order chi connectivity index (χ0) is 35.1. The quantitative estimate of drug-likeness (QED) is 0.166. The van der Waals surface area contributed by atoms with Gasteiger partial charge in [0.25, 0.3) is 0 Å². The zero-order valence-electron chi connectivity index (χ0n) is 30.0. The highest BCUT2D eigenvalue weighted by atomic mass is 32.2. The van der Waals surface area contributed by atoms with Gasteiger partial charge in [0.15, 0.2) is 0 Å². The minimum atomic E-state index is -0.752. The monoisotopic (exact) mass is 694 g/mol. The highest BCUT2D eigenvalue weighted by molar-refractivity contribution is 8.00. The molecule has 2 fully saturated rings. The van der Waals surface area contributed by atoms with Gasteiger partial charge in [0.05, 0.1) is 4.75 Å². The Morgan fingerprint density at radius 3 is 1.46 bits per heavy atom. The molecule has 0 radical (unpaired) electrons. The molecule has 2 saturated heterocycles. The fourth-order valence-corrected chi connectivity index (χ4v) is 7.93. The summed E-state index contributed by atoms with van der Waals surface area (Å²) in [5.74, 6) is 1.67. The van der Waals surface area contributed by atoms with E-state index in [1.54, 1.807) is 11.8 Å². The van der Waals surface area contributed by atoms with Crippen molar-refractivity contribution in [2.24, 2.45) is 0 Å². The second-order valence-electron chi connectivity index (χ2n) is 14.2. The van der Waals surface area contributed by atoms with Crippen LogP contribution in [0.3, 0.4) is 0 Å². The van der Waals surface area contributed by atoms with Gasteiger partial charge in [0, 0.05) is 58.1 Å². The molecule has 50 heavy (non-hydrogen) atoms. The predicted octanol–water partition coefficient (Wildman–Crippen LogP) is 5.22. The standard InChI is InChI=1S/C39H50N8O2S/c1-38(2,3)49-34(48)33(29-50-39(30-15-9-6-10-16-30,31-17-11-7-12-18-31)32-19-13-8-14-20-32)40-35-41-36(46-25-21-44(4)22-26-46)43-37(42-35)47-27-23-45(5)24-28-47/h6-20,33H,21-29H2,1-5H3,(H,40,41,42,43). The highest BCUT2D eigenvalue weighted by Gasteiger charge is 2.39. The summed E-state index contributed by atoms with van der Waals surface area (Å²) in [4.78, 5) is 38.1. The molecular weight excluding hydrogens is 645 g/mol. The molecule has 2 aliphatic heterocycles. The number of aromatic nitrogens is 3. The van der Waals surface area contributed by atoms with Crippen molar-refractivity contribution in [1.29, 1.82) is 0 Å². The molecule has 6 rings (SSSR count). The van der Waals surface area contributed by atoms with Gasteiger partial charge in [-0.1, -0.05) is 91.0 Å². The highest BCUT2D eigenvalue weighted by Crippen LogP contribution is 2.48. The Hall–Kier alpha value is -4.19. The van der Waals surface area contributed by atoms with Crippen molar-refractivity contribution in [3.05, 3.63) is 108 Å². The molecule has 0 aliphatic carbocycles. The van der Waals surface area contributed by atoms with Gasteiger partial charge < -0.3 is 29.7 Å². The molecule has 264 valence electrons. The van der Waals surface area contributed by atoms with Gasteiger partial charge in [-0.05, 0) is 51.6 Å². The van der Waals surface area contributed by atoms with Crippen molar-refractivity contribution in [3.63, 3.8) is 0 Å². The molecule has 1 unspecified atom stereocenters. The Bertz CT molecular complexity index is 1540. The van der Waals surface area contributed by atoms with Crippen molar-refractivity contribution in [2.45, 2.75) is 37.2 Å². The summed E-state index contributed by atoms with van der Waals surface area (Å²) >= 11 is 1.71. The van der Waals surface area contributed by atoms with Crippen LogP contribution in [-0.4, -0.2) is 115 Å². The third-order valence-corrected chi connectivity index (χ3v) is 10.8. The van der Waals surface area contributed by atoms with Crippen LogP contribution in [-0.2, 0) is 14.3 Å². The Labute approximate surface area is 301 Å². The van der Waals surface area contributed by atoms with E-state index in [1.165, 1.54) is 0 Å². The second kappa shape index (κ2) is 15.8. The molecule has 2 aliphatic rings. The lowest BCUT2D eigenvalue weighted by atomic mass is 9.84. The number of rotatable bonds is 11. The fourth-order valence-electron chi connectivity index (χ4n) is 6.39. The number of ether oxygens (including phenoxy) is 1. The summed E-state index contributed by atoms with van der Waals surface area (Å²) in [7, 11) is 4.27. The first-order valence-electron chi connectivity index (χ1n) is 17.5. The molecule has 0 spiro atoms. The van der Waals surface area contributed by atoms with Gasteiger partial charge in [-0.2, -0.15) is 15.0 Å². The Morgan fingerprint density at radius 2 is 1.08 bits per heavy atom. The summed E-state index contributed by atoms with van der Waals surface area (Å²) in [5.41, 5.74) is 2.70. The van der Waals surface area contributed by atoms with Gasteiger partial charge >= 0.3 is 5.97 Å². The number of nitrogens with zero attached hydrogens (tertiary/aromatic N) is 7.